The van der Waals surface area contributed by atoms with E-state index >= 15 is 0 Å². The number of carbonyl (C=O) groups is 1. The van der Waals surface area contributed by atoms with Crippen molar-refractivity contribution in [3.8, 4) is 0 Å². The van der Waals surface area contributed by atoms with Gasteiger partial charge >= 0.3 is 5.97 Å². The van der Waals surface area contributed by atoms with Crippen LogP contribution in [0.3, 0.4) is 0 Å². The highest BCUT2D eigenvalue weighted by Gasteiger charge is 2.33. The van der Waals surface area contributed by atoms with Crippen LogP contribution in [0.1, 0.15) is 17.7 Å². The summed E-state index contributed by atoms with van der Waals surface area (Å²) in [5, 5.41) is -0.803. The van der Waals surface area contributed by atoms with Gasteiger partial charge in [-0.2, -0.15) is 0 Å². The van der Waals surface area contributed by atoms with Crippen LogP contribution >= 0.6 is 11.6 Å². The van der Waals surface area contributed by atoms with E-state index in [0.717, 1.165) is 18.2 Å². The van der Waals surface area contributed by atoms with E-state index in [0.29, 0.717) is 9.92 Å². The van der Waals surface area contributed by atoms with Gasteiger partial charge in [0.05, 0.1) is 6.61 Å². The predicted octanol–water partition coefficient (Wildman–Crippen LogP) is 4.36. The highest BCUT2D eigenvalue weighted by Crippen LogP contribution is 2.33. The van der Waals surface area contributed by atoms with Crippen molar-refractivity contribution in [2.45, 2.75) is 17.1 Å². The molecule has 0 fully saturated rings. The summed E-state index contributed by atoms with van der Waals surface area (Å²) in [5.74, 6) is -2.20. The van der Waals surface area contributed by atoms with Gasteiger partial charge < -0.3 is 4.74 Å². The third-order valence-corrected chi connectivity index (χ3v) is 7.75. The van der Waals surface area contributed by atoms with Crippen LogP contribution in [0.2, 0.25) is 5.02 Å². The number of halogens is 3. The highest BCUT2D eigenvalue weighted by molar-refractivity contribution is 8.56. The third-order valence-electron chi connectivity index (χ3n) is 3.19. The molecule has 0 spiro atoms. The van der Waals surface area contributed by atoms with Crippen LogP contribution in [0, 0.1) is 11.6 Å². The van der Waals surface area contributed by atoms with E-state index < -0.39 is 30.0 Å². The summed E-state index contributed by atoms with van der Waals surface area (Å²) in [7, 11) is -2.70. The lowest BCUT2D eigenvalue weighted by Crippen LogP contribution is -2.24. The first-order valence-electron chi connectivity index (χ1n) is 6.88. The average molecular weight is 407 g/mol. The summed E-state index contributed by atoms with van der Waals surface area (Å²) in [5.41, 5.74) is -0.191. The molecule has 0 aliphatic heterocycles. The molecule has 0 amide bonds. The van der Waals surface area contributed by atoms with Crippen molar-refractivity contribution in [1.82, 2.24) is 0 Å². The van der Waals surface area contributed by atoms with E-state index in [1.54, 1.807) is 31.2 Å². The molecule has 2 nitrogen and oxygen atoms in total. The van der Waals surface area contributed by atoms with Crippen LogP contribution in [0.15, 0.2) is 47.4 Å². The summed E-state index contributed by atoms with van der Waals surface area (Å²) in [6.45, 7) is 1.69. The van der Waals surface area contributed by atoms with E-state index in [9.17, 15) is 13.6 Å². The number of ether oxygens (including phenoxy) is 1. The maximum atomic E-state index is 14.3. The molecule has 2 rings (SSSR count). The van der Waals surface area contributed by atoms with E-state index in [4.69, 9.17) is 38.7 Å². The quantitative estimate of drug-likeness (QED) is 0.689. The molecule has 24 heavy (non-hydrogen) atoms. The monoisotopic (exact) mass is 406 g/mol. The van der Waals surface area contributed by atoms with Gasteiger partial charge in [-0.15, -0.1) is 0 Å². The highest BCUT2D eigenvalue weighted by atomic mass is 35.5. The molecule has 0 heterocycles. The second-order valence-electron chi connectivity index (χ2n) is 4.80. The van der Waals surface area contributed by atoms with Crippen molar-refractivity contribution in [1.29, 1.82) is 0 Å². The Morgan fingerprint density at radius 3 is 2.42 bits per heavy atom. The molecule has 2 aromatic carbocycles. The molecule has 2 aromatic rings. The van der Waals surface area contributed by atoms with Gasteiger partial charge in [0.15, 0.2) is 0 Å². The van der Waals surface area contributed by atoms with Crippen molar-refractivity contribution in [2.75, 3.05) is 6.61 Å². The Morgan fingerprint density at radius 1 is 1.21 bits per heavy atom. The third kappa shape index (κ3) is 4.08. The molecule has 1 atom stereocenters. The molecule has 0 bridgehead atoms. The molecule has 1 unspecified atom stereocenters. The fourth-order valence-electron chi connectivity index (χ4n) is 2.11. The second-order valence-corrected chi connectivity index (χ2v) is 11.1. The molecular weight excluding hydrogens is 394 g/mol. The van der Waals surface area contributed by atoms with Crippen molar-refractivity contribution in [3.63, 3.8) is 0 Å². The second kappa shape index (κ2) is 7.82. The van der Waals surface area contributed by atoms with E-state index in [-0.39, 0.29) is 12.2 Å². The average Bonchev–Trinajstić information content (AvgIpc) is 2.51. The summed E-state index contributed by atoms with van der Waals surface area (Å²) < 4.78 is 32.9. The number of hydrogen-bond donors (Lipinski definition) is 0. The zero-order chi connectivity index (χ0) is 17.9. The minimum atomic E-state index is -2.70. The number of benzene rings is 2. The molecule has 0 N–H and O–H groups in total. The number of rotatable bonds is 5. The number of carbonyl (C=O) groups excluding carboxylic acids is 1. The van der Waals surface area contributed by atoms with Gasteiger partial charge in [0.2, 0.25) is 0 Å². The van der Waals surface area contributed by atoms with Gasteiger partial charge in [0.1, 0.15) is 16.9 Å². The minimum absolute atomic E-state index is 0.0765. The molecule has 128 valence electrons. The standard InChI is InChI=1S/C16H13ClF2O2S3/c1-2-21-16(20)15(13-9-11(18)5-8-14(13)19)24(22,23)12-6-3-10(17)4-7-12/h3-9,15H,2H2,1H3. The van der Waals surface area contributed by atoms with Gasteiger partial charge in [0, 0.05) is 15.5 Å². The van der Waals surface area contributed by atoms with Crippen LogP contribution in [0.5, 0.6) is 0 Å². The topological polar surface area (TPSA) is 26.3 Å². The Bertz CT molecular complexity index is 852. The lowest BCUT2D eigenvalue weighted by atomic mass is 10.1. The molecule has 0 aliphatic rings. The van der Waals surface area contributed by atoms with Crippen molar-refractivity contribution in [3.05, 3.63) is 64.7 Å². The van der Waals surface area contributed by atoms with E-state index in [1.165, 1.54) is 0 Å². The smallest absolute Gasteiger partial charge is 0.324 e. The molecule has 0 aromatic heterocycles. The molecule has 0 aliphatic carbocycles. The Hall–Kier alpha value is -1.15. The SMILES string of the molecule is CCOC(=O)C(c1cc(F)ccc1F)S(=S)(=S)c1ccc(Cl)cc1. The molecule has 0 radical (unpaired) electrons. The Morgan fingerprint density at radius 2 is 1.83 bits per heavy atom. The first-order valence-corrected chi connectivity index (χ1v) is 10.8. The first-order chi connectivity index (χ1) is 11.3. The zero-order valence-electron chi connectivity index (χ0n) is 12.5. The van der Waals surface area contributed by atoms with Crippen LogP contribution in [0.4, 0.5) is 8.78 Å². The molecule has 8 heteroatoms. The number of esters is 1. The van der Waals surface area contributed by atoms with E-state index in [2.05, 4.69) is 0 Å². The van der Waals surface area contributed by atoms with Crippen LogP contribution in [0.25, 0.3) is 0 Å². The van der Waals surface area contributed by atoms with Gasteiger partial charge in [-0.25, -0.2) is 8.78 Å². The Labute approximate surface area is 153 Å². The maximum Gasteiger partial charge on any atom is 0.324 e. The molecule has 0 saturated heterocycles. The van der Waals surface area contributed by atoms with Gasteiger partial charge in [-0.3, -0.25) is 4.79 Å². The van der Waals surface area contributed by atoms with Crippen molar-refractivity contribution in [2.24, 2.45) is 0 Å². The Balaban J connectivity index is 2.64. The summed E-state index contributed by atoms with van der Waals surface area (Å²) >= 11 is 16.9. The lowest BCUT2D eigenvalue weighted by molar-refractivity contribution is -0.142. The van der Waals surface area contributed by atoms with E-state index in [1.807, 2.05) is 0 Å². The maximum absolute atomic E-state index is 14.3. The van der Waals surface area contributed by atoms with Crippen LogP contribution in [-0.2, 0) is 39.1 Å². The van der Waals surface area contributed by atoms with Crippen LogP contribution < -0.4 is 0 Å². The number of hydrogen-bond acceptors (Lipinski definition) is 4. The van der Waals surface area contributed by atoms with Gasteiger partial charge in [-0.1, -0.05) is 11.6 Å². The summed E-state index contributed by atoms with van der Waals surface area (Å²) in [6.07, 6.45) is 0. The summed E-state index contributed by atoms with van der Waals surface area (Å²) in [6, 6.07) is 9.21. The molecule has 0 saturated carbocycles. The van der Waals surface area contributed by atoms with Crippen LogP contribution in [-0.4, -0.2) is 12.6 Å². The zero-order valence-corrected chi connectivity index (χ0v) is 15.7. The fourth-order valence-corrected chi connectivity index (χ4v) is 5.62. The fraction of sp³-hybridized carbons (Fsp3) is 0.188. The summed E-state index contributed by atoms with van der Waals surface area (Å²) in [4.78, 5) is 12.9. The van der Waals surface area contributed by atoms with Gasteiger partial charge in [0.25, 0.3) is 0 Å². The Kier molecular flexibility index (Phi) is 6.25. The molecular formula is C16H13ClF2O2S3. The minimum Gasteiger partial charge on any atom is -0.465 e. The largest absolute Gasteiger partial charge is 0.465 e. The lowest BCUT2D eigenvalue weighted by Gasteiger charge is -2.22. The first kappa shape index (κ1) is 19.2. The van der Waals surface area contributed by atoms with Crippen molar-refractivity contribution < 1.29 is 18.3 Å². The van der Waals surface area contributed by atoms with Gasteiger partial charge in [-0.05, 0) is 78.9 Å². The normalized spacial score (nSPS) is 12.7. The van der Waals surface area contributed by atoms with Crippen molar-refractivity contribution >= 4 is 47.1 Å². The predicted molar refractivity (Wildman–Crippen MR) is 97.5 cm³/mol.